The van der Waals surface area contributed by atoms with Gasteiger partial charge in [-0.25, -0.2) is 0 Å². The molecule has 19 heavy (non-hydrogen) atoms. The summed E-state index contributed by atoms with van der Waals surface area (Å²) in [5.41, 5.74) is 6.48. The molecule has 3 heteroatoms. The van der Waals surface area contributed by atoms with Crippen molar-refractivity contribution >= 4 is 5.69 Å². The fourth-order valence-electron chi connectivity index (χ4n) is 1.96. The Kier molecular flexibility index (Phi) is 7.87. The molecular formula is C16H27NO2. The number of rotatable bonds is 10. The molecule has 1 aromatic carbocycles. The minimum absolute atomic E-state index is 0.616. The molecule has 0 saturated heterocycles. The number of nitrogens with two attached hydrogens (primary N) is 1. The van der Waals surface area contributed by atoms with E-state index in [9.17, 15) is 0 Å². The van der Waals surface area contributed by atoms with Gasteiger partial charge in [0.2, 0.25) is 0 Å². The van der Waals surface area contributed by atoms with Crippen LogP contribution < -0.4 is 15.2 Å². The van der Waals surface area contributed by atoms with Crippen LogP contribution in [0.3, 0.4) is 0 Å². The Morgan fingerprint density at radius 3 is 2.42 bits per heavy atom. The number of unbranched alkanes of at least 4 members (excludes halogenated alkanes) is 5. The zero-order chi connectivity index (χ0) is 13.9. The van der Waals surface area contributed by atoms with Crippen LogP contribution in [-0.4, -0.2) is 13.2 Å². The zero-order valence-electron chi connectivity index (χ0n) is 12.3. The van der Waals surface area contributed by atoms with Crippen LogP contribution in [0.1, 0.15) is 52.4 Å². The normalized spacial score (nSPS) is 10.4. The summed E-state index contributed by atoms with van der Waals surface area (Å²) in [6.07, 6.45) is 7.64. The van der Waals surface area contributed by atoms with Crippen LogP contribution in [0.5, 0.6) is 11.5 Å². The molecule has 1 rings (SSSR count). The van der Waals surface area contributed by atoms with E-state index >= 15 is 0 Å². The summed E-state index contributed by atoms with van der Waals surface area (Å²) >= 11 is 0. The first kappa shape index (κ1) is 15.7. The number of ether oxygens (including phenoxy) is 2. The molecule has 0 unspecified atom stereocenters. The highest BCUT2D eigenvalue weighted by atomic mass is 16.5. The smallest absolute Gasteiger partial charge is 0.145 e. The van der Waals surface area contributed by atoms with Crippen molar-refractivity contribution in [2.45, 2.75) is 52.4 Å². The van der Waals surface area contributed by atoms with Gasteiger partial charge in [0.25, 0.3) is 0 Å². The fourth-order valence-corrected chi connectivity index (χ4v) is 1.96. The quantitative estimate of drug-likeness (QED) is 0.503. The molecule has 0 fully saturated rings. The highest BCUT2D eigenvalue weighted by Crippen LogP contribution is 2.27. The molecule has 0 amide bonds. The molecule has 0 heterocycles. The highest BCUT2D eigenvalue weighted by molar-refractivity contribution is 5.55. The van der Waals surface area contributed by atoms with E-state index in [0.29, 0.717) is 18.0 Å². The van der Waals surface area contributed by atoms with Crippen molar-refractivity contribution in [2.24, 2.45) is 0 Å². The third-order valence-electron chi connectivity index (χ3n) is 3.05. The summed E-state index contributed by atoms with van der Waals surface area (Å²) in [4.78, 5) is 0. The van der Waals surface area contributed by atoms with Gasteiger partial charge in [0.05, 0.1) is 18.9 Å². The van der Waals surface area contributed by atoms with E-state index in [0.717, 1.165) is 18.8 Å². The number of anilines is 1. The van der Waals surface area contributed by atoms with E-state index < -0.39 is 0 Å². The summed E-state index contributed by atoms with van der Waals surface area (Å²) < 4.78 is 11.2. The topological polar surface area (TPSA) is 44.5 Å². The average molecular weight is 265 g/mol. The van der Waals surface area contributed by atoms with Crippen LogP contribution in [0, 0.1) is 0 Å². The molecule has 0 bridgehead atoms. The summed E-state index contributed by atoms with van der Waals surface area (Å²) in [5.74, 6) is 1.55. The maximum Gasteiger partial charge on any atom is 0.145 e. The Bertz CT molecular complexity index is 353. The van der Waals surface area contributed by atoms with Crippen molar-refractivity contribution in [3.05, 3.63) is 18.2 Å². The van der Waals surface area contributed by atoms with Crippen LogP contribution in [0.2, 0.25) is 0 Å². The Morgan fingerprint density at radius 1 is 0.947 bits per heavy atom. The molecule has 0 saturated carbocycles. The molecule has 2 N–H and O–H groups in total. The van der Waals surface area contributed by atoms with Crippen LogP contribution in [0.4, 0.5) is 5.69 Å². The van der Waals surface area contributed by atoms with E-state index in [1.54, 1.807) is 0 Å². The first-order valence-corrected chi connectivity index (χ1v) is 7.43. The van der Waals surface area contributed by atoms with Crippen LogP contribution in [-0.2, 0) is 0 Å². The highest BCUT2D eigenvalue weighted by Gasteiger charge is 2.02. The average Bonchev–Trinajstić information content (AvgIpc) is 2.41. The van der Waals surface area contributed by atoms with Crippen LogP contribution in [0.15, 0.2) is 18.2 Å². The van der Waals surface area contributed by atoms with Gasteiger partial charge in [0.15, 0.2) is 0 Å². The van der Waals surface area contributed by atoms with E-state index in [1.165, 1.54) is 32.1 Å². The summed E-state index contributed by atoms with van der Waals surface area (Å²) in [5, 5.41) is 0. The second-order valence-electron chi connectivity index (χ2n) is 4.75. The first-order valence-electron chi connectivity index (χ1n) is 7.43. The number of benzene rings is 1. The van der Waals surface area contributed by atoms with Gasteiger partial charge >= 0.3 is 0 Å². The van der Waals surface area contributed by atoms with Gasteiger partial charge in [0.1, 0.15) is 11.5 Å². The van der Waals surface area contributed by atoms with Crippen molar-refractivity contribution in [1.29, 1.82) is 0 Å². The monoisotopic (exact) mass is 265 g/mol. The molecule has 0 aliphatic rings. The molecule has 1 aromatic rings. The van der Waals surface area contributed by atoms with Crippen LogP contribution >= 0.6 is 0 Å². The van der Waals surface area contributed by atoms with E-state index in [-0.39, 0.29) is 0 Å². The van der Waals surface area contributed by atoms with Crippen molar-refractivity contribution in [1.82, 2.24) is 0 Å². The first-order chi connectivity index (χ1) is 9.27. The molecular weight excluding hydrogens is 238 g/mol. The summed E-state index contributed by atoms with van der Waals surface area (Å²) in [6.45, 7) is 5.57. The number of hydrogen-bond acceptors (Lipinski definition) is 3. The van der Waals surface area contributed by atoms with Gasteiger partial charge in [-0.05, 0) is 25.5 Å². The lowest BCUT2D eigenvalue weighted by Gasteiger charge is -2.10. The van der Waals surface area contributed by atoms with Crippen molar-refractivity contribution < 1.29 is 9.47 Å². The summed E-state index contributed by atoms with van der Waals surface area (Å²) in [6, 6.07) is 5.60. The SMILES string of the molecule is CCCCCCCCOc1ccc(N)c(OCC)c1. The van der Waals surface area contributed by atoms with Gasteiger partial charge in [0, 0.05) is 6.07 Å². The molecule has 108 valence electrons. The lowest BCUT2D eigenvalue weighted by molar-refractivity contribution is 0.299. The minimum atomic E-state index is 0.616. The predicted molar refractivity (Wildman–Crippen MR) is 80.9 cm³/mol. The van der Waals surface area contributed by atoms with E-state index in [1.807, 2.05) is 25.1 Å². The third kappa shape index (κ3) is 6.37. The minimum Gasteiger partial charge on any atom is -0.493 e. The van der Waals surface area contributed by atoms with Gasteiger partial charge in [-0.2, -0.15) is 0 Å². The molecule has 0 aliphatic carbocycles. The Morgan fingerprint density at radius 2 is 1.68 bits per heavy atom. The maximum atomic E-state index is 5.82. The number of nitrogen functional groups attached to an aromatic ring is 1. The van der Waals surface area contributed by atoms with Gasteiger partial charge in [-0.3, -0.25) is 0 Å². The van der Waals surface area contributed by atoms with Crippen LogP contribution in [0.25, 0.3) is 0 Å². The Labute approximate surface area is 117 Å². The molecule has 0 aromatic heterocycles. The third-order valence-corrected chi connectivity index (χ3v) is 3.05. The van der Waals surface area contributed by atoms with E-state index in [4.69, 9.17) is 15.2 Å². The molecule has 3 nitrogen and oxygen atoms in total. The Balaban J connectivity index is 2.23. The maximum absolute atomic E-state index is 5.82. The van der Waals surface area contributed by atoms with Crippen molar-refractivity contribution in [2.75, 3.05) is 18.9 Å². The van der Waals surface area contributed by atoms with E-state index in [2.05, 4.69) is 6.92 Å². The standard InChI is InChI=1S/C16H27NO2/c1-3-5-6-7-8-9-12-19-14-10-11-15(17)16(13-14)18-4-2/h10-11,13H,3-9,12,17H2,1-2H3. The van der Waals surface area contributed by atoms with Crippen molar-refractivity contribution in [3.63, 3.8) is 0 Å². The lowest BCUT2D eigenvalue weighted by atomic mass is 10.1. The zero-order valence-corrected chi connectivity index (χ0v) is 12.3. The second kappa shape index (κ2) is 9.54. The number of hydrogen-bond donors (Lipinski definition) is 1. The molecule has 0 atom stereocenters. The fraction of sp³-hybridized carbons (Fsp3) is 0.625. The second-order valence-corrected chi connectivity index (χ2v) is 4.75. The Hall–Kier alpha value is -1.38. The lowest BCUT2D eigenvalue weighted by Crippen LogP contribution is -2.00. The largest absolute Gasteiger partial charge is 0.493 e. The van der Waals surface area contributed by atoms with Gasteiger partial charge in [-0.1, -0.05) is 39.0 Å². The molecule has 0 aliphatic heterocycles. The summed E-state index contributed by atoms with van der Waals surface area (Å²) in [7, 11) is 0. The van der Waals surface area contributed by atoms with Gasteiger partial charge < -0.3 is 15.2 Å². The van der Waals surface area contributed by atoms with Gasteiger partial charge in [-0.15, -0.1) is 0 Å². The molecule has 0 radical (unpaired) electrons. The predicted octanol–water partition coefficient (Wildman–Crippen LogP) is 4.41. The van der Waals surface area contributed by atoms with Crippen molar-refractivity contribution in [3.8, 4) is 11.5 Å². The molecule has 0 spiro atoms.